The average Bonchev–Trinajstić information content (AvgIpc) is 3.36. The zero-order valence-electron chi connectivity index (χ0n) is 17.6. The van der Waals surface area contributed by atoms with Crippen LogP contribution in [0.1, 0.15) is 25.6 Å². The van der Waals surface area contributed by atoms with E-state index in [1.54, 1.807) is 40.6 Å². The molecule has 9 heteroatoms. The molecule has 0 bridgehead atoms. The van der Waals surface area contributed by atoms with E-state index < -0.39 is 5.82 Å². The maximum absolute atomic E-state index is 14.0. The second-order valence-corrected chi connectivity index (χ2v) is 8.30. The van der Waals surface area contributed by atoms with Crippen LogP contribution in [0.25, 0.3) is 0 Å². The molecule has 32 heavy (non-hydrogen) atoms. The first kappa shape index (κ1) is 21.8. The first-order chi connectivity index (χ1) is 15.6. The Balaban J connectivity index is 1.40. The number of benzene rings is 1. The third kappa shape index (κ3) is 4.72. The molecule has 1 N–H and O–H groups in total. The van der Waals surface area contributed by atoms with Crippen molar-refractivity contribution in [2.45, 2.75) is 6.54 Å². The first-order valence-electron chi connectivity index (χ1n) is 10.2. The summed E-state index contributed by atoms with van der Waals surface area (Å²) in [4.78, 5) is 34.7. The van der Waals surface area contributed by atoms with Crippen LogP contribution in [0.2, 0.25) is 0 Å². The van der Waals surface area contributed by atoms with Gasteiger partial charge >= 0.3 is 0 Å². The lowest BCUT2D eigenvalue weighted by Crippen LogP contribution is -2.49. The lowest BCUT2D eigenvalue weighted by Gasteiger charge is -2.36. The predicted octanol–water partition coefficient (Wildman–Crippen LogP) is 3.18. The molecule has 0 radical (unpaired) electrons. The number of nitrogens with zero attached hydrogens (tertiary/aromatic N) is 3. The highest BCUT2D eigenvalue weighted by atomic mass is 32.1. The first-order valence-corrected chi connectivity index (χ1v) is 11.1. The number of carbonyl (C=O) groups excluding carboxylic acids is 2. The summed E-state index contributed by atoms with van der Waals surface area (Å²) in [6.45, 7) is 2.39. The number of aromatic nitrogens is 1. The predicted molar refractivity (Wildman–Crippen MR) is 121 cm³/mol. The molecule has 166 valence electrons. The van der Waals surface area contributed by atoms with Crippen molar-refractivity contribution in [3.63, 3.8) is 0 Å². The number of pyridine rings is 1. The standard InChI is InChI=1S/C23H23FN4O3S/c1-31-20-7-6-16(14-19(20)24)23(30)28-11-9-27(10-12-28)21-18(5-2-8-25-21)22(29)26-15-17-4-3-13-32-17/h2-8,13-14H,9-12,15H2,1H3,(H,26,29). The van der Waals surface area contributed by atoms with Gasteiger partial charge in [-0.3, -0.25) is 9.59 Å². The number of anilines is 1. The second kappa shape index (κ2) is 9.78. The summed E-state index contributed by atoms with van der Waals surface area (Å²) >= 11 is 1.59. The van der Waals surface area contributed by atoms with Crippen molar-refractivity contribution in [1.82, 2.24) is 15.2 Å². The van der Waals surface area contributed by atoms with E-state index in [0.29, 0.717) is 44.1 Å². The van der Waals surface area contributed by atoms with Gasteiger partial charge < -0.3 is 19.9 Å². The van der Waals surface area contributed by atoms with Crippen LogP contribution in [0.3, 0.4) is 0 Å². The third-order valence-electron chi connectivity index (χ3n) is 5.30. The molecule has 0 aliphatic carbocycles. The Morgan fingerprint density at radius 1 is 1.16 bits per heavy atom. The normalized spacial score (nSPS) is 13.7. The largest absolute Gasteiger partial charge is 0.494 e. The molecule has 2 aromatic heterocycles. The van der Waals surface area contributed by atoms with Crippen LogP contribution in [-0.2, 0) is 6.54 Å². The molecule has 1 saturated heterocycles. The van der Waals surface area contributed by atoms with Gasteiger partial charge in [0, 0.05) is 42.8 Å². The van der Waals surface area contributed by atoms with Gasteiger partial charge in [-0.15, -0.1) is 11.3 Å². The molecule has 3 heterocycles. The molecule has 2 amide bonds. The van der Waals surface area contributed by atoms with Gasteiger partial charge in [0.05, 0.1) is 19.2 Å². The number of methoxy groups -OCH3 is 1. The summed E-state index contributed by atoms with van der Waals surface area (Å²) in [6.07, 6.45) is 1.66. The van der Waals surface area contributed by atoms with E-state index in [4.69, 9.17) is 4.74 Å². The van der Waals surface area contributed by atoms with Gasteiger partial charge in [-0.2, -0.15) is 0 Å². The van der Waals surface area contributed by atoms with Crippen molar-refractivity contribution >= 4 is 29.0 Å². The number of amides is 2. The molecule has 0 spiro atoms. The van der Waals surface area contributed by atoms with Crippen LogP contribution in [0, 0.1) is 5.82 Å². The number of thiophene rings is 1. The summed E-state index contributed by atoms with van der Waals surface area (Å²) in [7, 11) is 1.38. The average molecular weight is 455 g/mol. The van der Waals surface area contributed by atoms with E-state index in [1.165, 1.54) is 19.2 Å². The highest BCUT2D eigenvalue weighted by molar-refractivity contribution is 7.09. The van der Waals surface area contributed by atoms with Crippen LogP contribution in [0.5, 0.6) is 5.75 Å². The van der Waals surface area contributed by atoms with Gasteiger partial charge in [0.2, 0.25) is 0 Å². The lowest BCUT2D eigenvalue weighted by molar-refractivity contribution is 0.0745. The number of rotatable bonds is 6. The summed E-state index contributed by atoms with van der Waals surface area (Å²) < 4.78 is 18.9. The van der Waals surface area contributed by atoms with Crippen LogP contribution in [0.15, 0.2) is 54.0 Å². The number of halogens is 1. The van der Waals surface area contributed by atoms with Crippen molar-refractivity contribution in [2.75, 3.05) is 38.2 Å². The van der Waals surface area contributed by atoms with E-state index in [2.05, 4.69) is 10.3 Å². The smallest absolute Gasteiger partial charge is 0.255 e. The zero-order chi connectivity index (χ0) is 22.5. The Labute approximate surface area is 189 Å². The van der Waals surface area contributed by atoms with Gasteiger partial charge in [-0.05, 0) is 41.8 Å². The maximum atomic E-state index is 14.0. The summed E-state index contributed by atoms with van der Waals surface area (Å²) in [5.74, 6) is -0.288. The molecule has 4 rings (SSSR count). The van der Waals surface area contributed by atoms with E-state index in [0.717, 1.165) is 4.88 Å². The third-order valence-corrected chi connectivity index (χ3v) is 6.18. The van der Waals surface area contributed by atoms with Crippen molar-refractivity contribution in [2.24, 2.45) is 0 Å². The highest BCUT2D eigenvalue weighted by Gasteiger charge is 2.26. The Morgan fingerprint density at radius 3 is 2.66 bits per heavy atom. The quantitative estimate of drug-likeness (QED) is 0.619. The van der Waals surface area contributed by atoms with E-state index in [-0.39, 0.29) is 23.1 Å². The molecule has 1 fully saturated rings. The fourth-order valence-corrected chi connectivity index (χ4v) is 4.25. The van der Waals surface area contributed by atoms with Gasteiger partial charge in [0.1, 0.15) is 5.82 Å². The number of carbonyl (C=O) groups is 2. The molecule has 7 nitrogen and oxygen atoms in total. The monoisotopic (exact) mass is 454 g/mol. The van der Waals surface area contributed by atoms with E-state index in [9.17, 15) is 14.0 Å². The number of nitrogens with one attached hydrogen (secondary N) is 1. The Kier molecular flexibility index (Phi) is 6.65. The van der Waals surface area contributed by atoms with Crippen molar-refractivity contribution in [3.8, 4) is 5.75 Å². The highest BCUT2D eigenvalue weighted by Crippen LogP contribution is 2.22. The van der Waals surface area contributed by atoms with Crippen LogP contribution in [-0.4, -0.2) is 55.0 Å². The van der Waals surface area contributed by atoms with E-state index in [1.807, 2.05) is 22.4 Å². The summed E-state index contributed by atoms with van der Waals surface area (Å²) in [5.41, 5.74) is 0.782. The SMILES string of the molecule is COc1ccc(C(=O)N2CCN(c3ncccc3C(=O)NCc3cccs3)CC2)cc1F. The van der Waals surface area contributed by atoms with Crippen molar-refractivity contribution in [3.05, 3.63) is 75.9 Å². The Hall–Kier alpha value is -3.46. The minimum Gasteiger partial charge on any atom is -0.494 e. The van der Waals surface area contributed by atoms with Gasteiger partial charge in [-0.25, -0.2) is 9.37 Å². The van der Waals surface area contributed by atoms with Crippen LogP contribution >= 0.6 is 11.3 Å². The molecule has 1 aliphatic rings. The Bertz CT molecular complexity index is 1100. The molecule has 0 atom stereocenters. The number of hydrogen-bond acceptors (Lipinski definition) is 6. The lowest BCUT2D eigenvalue weighted by atomic mass is 10.1. The molecule has 0 unspecified atom stereocenters. The van der Waals surface area contributed by atoms with Crippen molar-refractivity contribution < 1.29 is 18.7 Å². The number of piperazine rings is 1. The van der Waals surface area contributed by atoms with E-state index >= 15 is 0 Å². The van der Waals surface area contributed by atoms with Gasteiger partial charge in [0.15, 0.2) is 11.6 Å². The minimum absolute atomic E-state index is 0.103. The number of ether oxygens (including phenoxy) is 1. The van der Waals surface area contributed by atoms with Crippen LogP contribution in [0.4, 0.5) is 10.2 Å². The Morgan fingerprint density at radius 2 is 1.97 bits per heavy atom. The van der Waals surface area contributed by atoms with Crippen molar-refractivity contribution in [1.29, 1.82) is 0 Å². The summed E-state index contributed by atoms with van der Waals surface area (Å²) in [5, 5.41) is 4.91. The molecule has 1 aromatic carbocycles. The maximum Gasteiger partial charge on any atom is 0.255 e. The fourth-order valence-electron chi connectivity index (χ4n) is 3.61. The number of hydrogen-bond donors (Lipinski definition) is 1. The minimum atomic E-state index is -0.566. The molecule has 0 saturated carbocycles. The molecule has 1 aliphatic heterocycles. The molecular weight excluding hydrogens is 431 g/mol. The second-order valence-electron chi connectivity index (χ2n) is 7.27. The van der Waals surface area contributed by atoms with Crippen LogP contribution < -0.4 is 15.0 Å². The fraction of sp³-hybridized carbons (Fsp3) is 0.261. The zero-order valence-corrected chi connectivity index (χ0v) is 18.4. The topological polar surface area (TPSA) is 74.8 Å². The van der Waals surface area contributed by atoms with Gasteiger partial charge in [-0.1, -0.05) is 6.07 Å². The van der Waals surface area contributed by atoms with Gasteiger partial charge in [0.25, 0.3) is 11.8 Å². The molecule has 3 aromatic rings. The molecular formula is C23H23FN4O3S. The summed E-state index contributed by atoms with van der Waals surface area (Å²) in [6, 6.07) is 11.6.